The number of benzene rings is 4. The van der Waals surface area contributed by atoms with Gasteiger partial charge in [-0.2, -0.15) is 0 Å². The minimum Gasteiger partial charge on any atom is -0.496 e. The molecule has 29 heavy (non-hydrogen) atoms. The molecule has 4 aromatic carbocycles. The smallest absolute Gasteiger partial charge is 0.127 e. The van der Waals surface area contributed by atoms with Gasteiger partial charge in [0.1, 0.15) is 5.75 Å². The van der Waals surface area contributed by atoms with Crippen molar-refractivity contribution in [2.75, 3.05) is 7.11 Å². The molecule has 0 fully saturated rings. The Morgan fingerprint density at radius 2 is 1.69 bits per heavy atom. The molecule has 4 aromatic rings. The molecule has 0 saturated heterocycles. The Balaban J connectivity index is 1.93. The minimum atomic E-state index is 0.472. The molecule has 0 bridgehead atoms. The van der Waals surface area contributed by atoms with E-state index in [1.54, 1.807) is 7.11 Å². The number of hydrogen-bond acceptors (Lipinski definition) is 1. The van der Waals surface area contributed by atoms with Crippen LogP contribution in [0.3, 0.4) is 0 Å². The Hall–Kier alpha value is -2.77. The minimum absolute atomic E-state index is 0.472. The molecule has 0 amide bonds. The summed E-state index contributed by atoms with van der Waals surface area (Å²) in [6, 6.07) is 17.7. The lowest BCUT2D eigenvalue weighted by molar-refractivity contribution is 0.420. The maximum absolute atomic E-state index is 6.48. The fourth-order valence-electron chi connectivity index (χ4n) is 4.73. The molecule has 5 rings (SSSR count). The van der Waals surface area contributed by atoms with Crippen LogP contribution in [-0.2, 0) is 12.3 Å². The topological polar surface area (TPSA) is 9.23 Å². The predicted molar refractivity (Wildman–Crippen MR) is 125 cm³/mol. The van der Waals surface area contributed by atoms with E-state index < -0.39 is 0 Å². The number of aryl methyl sites for hydroxylation is 2. The van der Waals surface area contributed by atoms with Crippen LogP contribution in [0.5, 0.6) is 5.75 Å². The van der Waals surface area contributed by atoms with E-state index in [-0.39, 0.29) is 0 Å². The van der Waals surface area contributed by atoms with Crippen LogP contribution in [0, 0.1) is 13.8 Å². The highest BCUT2D eigenvalue weighted by Gasteiger charge is 2.20. The first-order valence-corrected chi connectivity index (χ1v) is 10.5. The zero-order chi connectivity index (χ0) is 20.1. The number of ether oxygens (including phenoxy) is 1. The lowest BCUT2D eigenvalue weighted by Crippen LogP contribution is -2.00. The van der Waals surface area contributed by atoms with Crippen molar-refractivity contribution in [2.45, 2.75) is 26.1 Å². The maximum atomic E-state index is 6.48. The van der Waals surface area contributed by atoms with Crippen molar-refractivity contribution in [3.05, 3.63) is 82.4 Å². The number of hydrogen-bond donors (Lipinski definition) is 0. The first-order chi connectivity index (χ1) is 14.1. The molecule has 1 aliphatic carbocycles. The highest BCUT2D eigenvalue weighted by Crippen LogP contribution is 2.44. The molecule has 1 aliphatic rings. The van der Waals surface area contributed by atoms with E-state index in [9.17, 15) is 0 Å². The van der Waals surface area contributed by atoms with E-state index in [0.29, 0.717) is 5.88 Å². The summed E-state index contributed by atoms with van der Waals surface area (Å²) in [6.07, 6.45) is 5.37. The average molecular weight is 399 g/mol. The summed E-state index contributed by atoms with van der Waals surface area (Å²) in [7, 11) is 1.75. The molecule has 0 atom stereocenters. The van der Waals surface area contributed by atoms with Crippen LogP contribution >= 0.6 is 11.6 Å². The molecule has 2 heteroatoms. The van der Waals surface area contributed by atoms with Crippen molar-refractivity contribution in [3.63, 3.8) is 0 Å². The monoisotopic (exact) mass is 398 g/mol. The molecule has 0 saturated carbocycles. The summed E-state index contributed by atoms with van der Waals surface area (Å²) < 4.78 is 5.83. The Bertz CT molecular complexity index is 1310. The molecule has 1 nitrogen and oxygen atoms in total. The molecule has 0 spiro atoms. The molecule has 0 heterocycles. The molecule has 0 unspecified atom stereocenters. The van der Waals surface area contributed by atoms with Gasteiger partial charge in [0.2, 0.25) is 0 Å². The zero-order valence-corrected chi connectivity index (χ0v) is 17.7. The van der Waals surface area contributed by atoms with Gasteiger partial charge in [0, 0.05) is 11.3 Å². The van der Waals surface area contributed by atoms with Crippen LogP contribution in [0.15, 0.2) is 54.6 Å². The summed E-state index contributed by atoms with van der Waals surface area (Å²) in [5.41, 5.74) is 8.70. The zero-order valence-electron chi connectivity index (χ0n) is 17.0. The van der Waals surface area contributed by atoms with Gasteiger partial charge < -0.3 is 4.74 Å². The standard InChI is InChI=1S/C27H23ClO/c1-16-7-8-17(2)23-14-20(9-11-22(16)23)26-21(15-28)13-19-6-4-5-18-10-12-24(29-3)27(26)25(18)19/h4-5,7-14H,6,15H2,1-3H3. The quantitative estimate of drug-likeness (QED) is 0.323. The first-order valence-electron chi connectivity index (χ1n) is 10.0. The maximum Gasteiger partial charge on any atom is 0.127 e. The van der Waals surface area contributed by atoms with Gasteiger partial charge in [-0.15, -0.1) is 11.6 Å². The van der Waals surface area contributed by atoms with Crippen molar-refractivity contribution in [2.24, 2.45) is 0 Å². The highest BCUT2D eigenvalue weighted by atomic mass is 35.5. The van der Waals surface area contributed by atoms with E-state index in [1.807, 2.05) is 0 Å². The van der Waals surface area contributed by atoms with E-state index >= 15 is 0 Å². The third-order valence-electron chi connectivity index (χ3n) is 6.18. The fourth-order valence-corrected chi connectivity index (χ4v) is 4.94. The molecule has 144 valence electrons. The summed E-state index contributed by atoms with van der Waals surface area (Å²) >= 11 is 6.48. The molecule has 0 radical (unpaired) electrons. The SMILES string of the molecule is COc1ccc2c3c(cc(CCl)c(-c4ccc5c(C)ccc(C)c5c4)c13)CC=C2. The van der Waals surface area contributed by atoms with Crippen LogP contribution < -0.4 is 4.74 Å². The Morgan fingerprint density at radius 1 is 0.897 bits per heavy atom. The number of rotatable bonds is 3. The van der Waals surface area contributed by atoms with Crippen molar-refractivity contribution >= 4 is 39.2 Å². The van der Waals surface area contributed by atoms with E-state index in [0.717, 1.165) is 17.7 Å². The summed E-state index contributed by atoms with van der Waals surface area (Å²) in [5.74, 6) is 1.38. The van der Waals surface area contributed by atoms with Gasteiger partial charge in [0.05, 0.1) is 7.11 Å². The van der Waals surface area contributed by atoms with Crippen molar-refractivity contribution in [1.29, 1.82) is 0 Å². The van der Waals surface area contributed by atoms with Gasteiger partial charge in [0.25, 0.3) is 0 Å². The van der Waals surface area contributed by atoms with Crippen molar-refractivity contribution in [1.82, 2.24) is 0 Å². The van der Waals surface area contributed by atoms with Gasteiger partial charge in [-0.05, 0) is 87.5 Å². The number of allylic oxidation sites excluding steroid dienone is 1. The lowest BCUT2D eigenvalue weighted by Gasteiger charge is -2.21. The first kappa shape index (κ1) is 18.3. The van der Waals surface area contributed by atoms with Gasteiger partial charge in [0.15, 0.2) is 0 Å². The summed E-state index contributed by atoms with van der Waals surface area (Å²) in [6.45, 7) is 4.35. The third kappa shape index (κ3) is 2.76. The van der Waals surface area contributed by atoms with Crippen LogP contribution in [0.2, 0.25) is 0 Å². The average Bonchev–Trinajstić information content (AvgIpc) is 2.76. The molecular formula is C27H23ClO. The molecular weight excluding hydrogens is 376 g/mol. The summed E-state index contributed by atoms with van der Waals surface area (Å²) in [5, 5.41) is 5.06. The third-order valence-corrected chi connectivity index (χ3v) is 6.47. The normalized spacial score (nSPS) is 12.7. The largest absolute Gasteiger partial charge is 0.496 e. The molecule has 0 aliphatic heterocycles. The van der Waals surface area contributed by atoms with Crippen molar-refractivity contribution < 1.29 is 4.74 Å². The van der Waals surface area contributed by atoms with Gasteiger partial charge in [-0.25, -0.2) is 0 Å². The fraction of sp³-hybridized carbons (Fsp3) is 0.185. The second-order valence-corrected chi connectivity index (χ2v) is 8.14. The Kier molecular flexibility index (Phi) is 4.37. The van der Waals surface area contributed by atoms with E-state index in [4.69, 9.17) is 16.3 Å². The van der Waals surface area contributed by atoms with Gasteiger partial charge >= 0.3 is 0 Å². The number of methoxy groups -OCH3 is 1. The second kappa shape index (κ2) is 6.93. The lowest BCUT2D eigenvalue weighted by atomic mass is 9.84. The highest BCUT2D eigenvalue weighted by molar-refractivity contribution is 6.19. The van der Waals surface area contributed by atoms with Gasteiger partial charge in [-0.1, -0.05) is 48.6 Å². The summed E-state index contributed by atoms with van der Waals surface area (Å²) in [4.78, 5) is 0. The predicted octanol–water partition coefficient (Wildman–Crippen LogP) is 7.59. The second-order valence-electron chi connectivity index (χ2n) is 7.88. The van der Waals surface area contributed by atoms with Crippen molar-refractivity contribution in [3.8, 4) is 16.9 Å². The van der Waals surface area contributed by atoms with E-state index in [1.165, 1.54) is 54.9 Å². The van der Waals surface area contributed by atoms with Crippen LogP contribution in [0.4, 0.5) is 0 Å². The number of fused-ring (bicyclic) bond motifs is 1. The molecule has 0 N–H and O–H groups in total. The van der Waals surface area contributed by atoms with Gasteiger partial charge in [-0.3, -0.25) is 0 Å². The number of halogens is 1. The van der Waals surface area contributed by atoms with Crippen LogP contribution in [0.25, 0.3) is 38.7 Å². The van der Waals surface area contributed by atoms with Crippen LogP contribution in [-0.4, -0.2) is 7.11 Å². The number of alkyl halides is 1. The Labute approximate surface area is 176 Å². The van der Waals surface area contributed by atoms with Crippen LogP contribution in [0.1, 0.15) is 27.8 Å². The molecule has 0 aromatic heterocycles. The Morgan fingerprint density at radius 3 is 2.45 bits per heavy atom. The van der Waals surface area contributed by atoms with E-state index in [2.05, 4.69) is 74.5 Å².